The quantitative estimate of drug-likeness (QED) is 0.720. The van der Waals surface area contributed by atoms with Crippen LogP contribution in [0.2, 0.25) is 0 Å². The molecule has 96 valence electrons. The Hall–Kier alpha value is -1.95. The maximum Gasteiger partial charge on any atom is 0.307 e. The summed E-state index contributed by atoms with van der Waals surface area (Å²) in [6.07, 6.45) is 0.344. The summed E-state index contributed by atoms with van der Waals surface area (Å²) in [6.45, 7) is 1.73. The summed E-state index contributed by atoms with van der Waals surface area (Å²) >= 11 is 4.94. The number of benzene rings is 1. The van der Waals surface area contributed by atoms with E-state index in [0.717, 1.165) is 0 Å². The lowest BCUT2D eigenvalue weighted by atomic mass is 10.1. The third kappa shape index (κ3) is 4.92. The fourth-order valence-electron chi connectivity index (χ4n) is 1.26. The highest BCUT2D eigenvalue weighted by atomic mass is 32.1. The summed E-state index contributed by atoms with van der Waals surface area (Å²) in [7, 11) is 0. The molecule has 5 nitrogen and oxygen atoms in total. The van der Waals surface area contributed by atoms with Crippen molar-refractivity contribution in [3.63, 3.8) is 0 Å². The van der Waals surface area contributed by atoms with Crippen LogP contribution in [0.15, 0.2) is 24.3 Å². The van der Waals surface area contributed by atoms with Crippen LogP contribution >= 0.6 is 12.2 Å². The van der Waals surface area contributed by atoms with E-state index in [1.165, 1.54) is 0 Å². The van der Waals surface area contributed by atoms with Crippen molar-refractivity contribution < 1.29 is 14.7 Å². The third-order valence-corrected chi connectivity index (χ3v) is 2.35. The second-order valence-corrected chi connectivity index (χ2v) is 4.03. The molecule has 1 aromatic carbocycles. The largest absolute Gasteiger partial charge is 0.481 e. The number of carboxylic acids is 1. The van der Waals surface area contributed by atoms with Gasteiger partial charge in [-0.05, 0) is 29.9 Å². The molecule has 0 unspecified atom stereocenters. The summed E-state index contributed by atoms with van der Waals surface area (Å²) in [4.78, 5) is 21.6. The van der Waals surface area contributed by atoms with Gasteiger partial charge in [-0.15, -0.1) is 0 Å². The summed E-state index contributed by atoms with van der Waals surface area (Å²) in [5, 5.41) is 14.2. The molecule has 0 saturated carbocycles. The topological polar surface area (TPSA) is 78.4 Å². The van der Waals surface area contributed by atoms with Crippen LogP contribution < -0.4 is 10.6 Å². The molecular weight excluding hydrogens is 252 g/mol. The number of carbonyl (C=O) groups is 2. The monoisotopic (exact) mass is 266 g/mol. The number of hydrogen-bond donors (Lipinski definition) is 3. The normalized spacial score (nSPS) is 9.61. The Labute approximate surface area is 110 Å². The van der Waals surface area contributed by atoms with Crippen LogP contribution in [0.5, 0.6) is 0 Å². The SMILES string of the molecule is CCC(=O)NC(=S)Nc1ccc(CC(=O)O)cc1. The Morgan fingerprint density at radius 1 is 1.28 bits per heavy atom. The average molecular weight is 266 g/mol. The average Bonchev–Trinajstić information content (AvgIpc) is 2.30. The fraction of sp³-hybridized carbons (Fsp3) is 0.250. The van der Waals surface area contributed by atoms with Crippen LogP contribution in [0, 0.1) is 0 Å². The molecule has 0 heterocycles. The number of carbonyl (C=O) groups excluding carboxylic acids is 1. The maximum atomic E-state index is 11.1. The van der Waals surface area contributed by atoms with Crippen LogP contribution in [-0.2, 0) is 16.0 Å². The Morgan fingerprint density at radius 2 is 1.89 bits per heavy atom. The van der Waals surface area contributed by atoms with Gasteiger partial charge in [0.2, 0.25) is 5.91 Å². The van der Waals surface area contributed by atoms with E-state index in [-0.39, 0.29) is 17.4 Å². The van der Waals surface area contributed by atoms with Gasteiger partial charge in [0.25, 0.3) is 0 Å². The molecule has 0 radical (unpaired) electrons. The van der Waals surface area contributed by atoms with E-state index in [4.69, 9.17) is 17.3 Å². The molecule has 18 heavy (non-hydrogen) atoms. The van der Waals surface area contributed by atoms with Crippen LogP contribution in [0.4, 0.5) is 5.69 Å². The van der Waals surface area contributed by atoms with Gasteiger partial charge in [0.05, 0.1) is 6.42 Å². The Balaban J connectivity index is 2.55. The van der Waals surface area contributed by atoms with E-state index < -0.39 is 5.97 Å². The van der Waals surface area contributed by atoms with Crippen molar-refractivity contribution in [2.24, 2.45) is 0 Å². The second kappa shape index (κ2) is 6.70. The van der Waals surface area contributed by atoms with Gasteiger partial charge in [-0.2, -0.15) is 0 Å². The van der Waals surface area contributed by atoms with Gasteiger partial charge in [-0.3, -0.25) is 9.59 Å². The lowest BCUT2D eigenvalue weighted by Gasteiger charge is -2.09. The van der Waals surface area contributed by atoms with Gasteiger partial charge in [0.15, 0.2) is 5.11 Å². The molecule has 0 atom stereocenters. The first-order chi connectivity index (χ1) is 8.51. The Kier molecular flexibility index (Phi) is 5.26. The zero-order chi connectivity index (χ0) is 13.5. The lowest BCUT2D eigenvalue weighted by Crippen LogP contribution is -2.33. The molecular formula is C12H14N2O3S. The second-order valence-electron chi connectivity index (χ2n) is 3.62. The predicted octanol–water partition coefficient (Wildman–Crippen LogP) is 1.54. The number of aliphatic carboxylic acids is 1. The minimum Gasteiger partial charge on any atom is -0.481 e. The predicted molar refractivity (Wildman–Crippen MR) is 72.4 cm³/mol. The van der Waals surface area contributed by atoms with E-state index in [1.807, 2.05) is 0 Å². The van der Waals surface area contributed by atoms with Crippen LogP contribution in [-0.4, -0.2) is 22.1 Å². The molecule has 0 bridgehead atoms. The number of thiocarbonyl (C=S) groups is 1. The molecule has 1 amide bonds. The number of amides is 1. The summed E-state index contributed by atoms with van der Waals surface area (Å²) in [6, 6.07) is 6.81. The van der Waals surface area contributed by atoms with Crippen LogP contribution in [0.3, 0.4) is 0 Å². The Morgan fingerprint density at radius 3 is 2.39 bits per heavy atom. The zero-order valence-corrected chi connectivity index (χ0v) is 10.7. The molecule has 6 heteroatoms. The van der Waals surface area contributed by atoms with Gasteiger partial charge >= 0.3 is 5.97 Å². The van der Waals surface area contributed by atoms with Gasteiger partial charge in [0, 0.05) is 12.1 Å². The molecule has 0 saturated heterocycles. The molecule has 1 rings (SSSR count). The standard InChI is InChI=1S/C12H14N2O3S/c1-2-10(15)14-12(18)13-9-5-3-8(4-6-9)7-11(16)17/h3-6H,2,7H2,1H3,(H,16,17)(H2,13,14,15,18). The Bertz CT molecular complexity index is 457. The summed E-state index contributed by atoms with van der Waals surface area (Å²) in [5.74, 6) is -1.03. The fourth-order valence-corrected chi connectivity index (χ4v) is 1.49. The van der Waals surface area contributed by atoms with Gasteiger partial charge in [-0.25, -0.2) is 0 Å². The lowest BCUT2D eigenvalue weighted by molar-refractivity contribution is -0.136. The number of hydrogen-bond acceptors (Lipinski definition) is 3. The van der Waals surface area contributed by atoms with Crippen molar-refractivity contribution in [3.05, 3.63) is 29.8 Å². The first kappa shape index (κ1) is 14.1. The van der Waals surface area contributed by atoms with Crippen molar-refractivity contribution in [1.82, 2.24) is 5.32 Å². The molecule has 0 aliphatic carbocycles. The van der Waals surface area contributed by atoms with E-state index in [0.29, 0.717) is 17.7 Å². The van der Waals surface area contributed by atoms with Crippen molar-refractivity contribution in [3.8, 4) is 0 Å². The highest BCUT2D eigenvalue weighted by Crippen LogP contribution is 2.10. The van der Waals surface area contributed by atoms with Crippen molar-refractivity contribution in [1.29, 1.82) is 0 Å². The molecule has 0 aliphatic heterocycles. The first-order valence-electron chi connectivity index (χ1n) is 5.43. The third-order valence-electron chi connectivity index (χ3n) is 2.14. The molecule has 0 spiro atoms. The van der Waals surface area contributed by atoms with Gasteiger partial charge < -0.3 is 15.7 Å². The molecule has 0 aliphatic rings. The molecule has 1 aromatic rings. The van der Waals surface area contributed by atoms with E-state index in [9.17, 15) is 9.59 Å². The van der Waals surface area contributed by atoms with E-state index in [1.54, 1.807) is 31.2 Å². The van der Waals surface area contributed by atoms with Crippen molar-refractivity contribution in [2.45, 2.75) is 19.8 Å². The van der Waals surface area contributed by atoms with E-state index >= 15 is 0 Å². The van der Waals surface area contributed by atoms with Gasteiger partial charge in [0.1, 0.15) is 0 Å². The first-order valence-corrected chi connectivity index (χ1v) is 5.83. The minimum atomic E-state index is -0.874. The maximum absolute atomic E-state index is 11.1. The molecule has 0 aromatic heterocycles. The summed E-state index contributed by atoms with van der Waals surface area (Å²) < 4.78 is 0. The summed E-state index contributed by atoms with van der Waals surface area (Å²) in [5.41, 5.74) is 1.40. The number of rotatable bonds is 4. The zero-order valence-electron chi connectivity index (χ0n) is 9.90. The van der Waals surface area contributed by atoms with Crippen LogP contribution in [0.25, 0.3) is 0 Å². The molecule has 3 N–H and O–H groups in total. The number of carboxylic acid groups (broad SMARTS) is 1. The highest BCUT2D eigenvalue weighted by Gasteiger charge is 2.03. The van der Waals surface area contributed by atoms with Crippen molar-refractivity contribution >= 4 is 34.9 Å². The smallest absolute Gasteiger partial charge is 0.307 e. The van der Waals surface area contributed by atoms with Gasteiger partial charge in [-0.1, -0.05) is 19.1 Å². The molecule has 0 fully saturated rings. The highest BCUT2D eigenvalue weighted by molar-refractivity contribution is 7.80. The number of nitrogens with one attached hydrogen (secondary N) is 2. The number of anilines is 1. The van der Waals surface area contributed by atoms with Crippen LogP contribution in [0.1, 0.15) is 18.9 Å². The minimum absolute atomic E-state index is 0.0166. The van der Waals surface area contributed by atoms with Crippen molar-refractivity contribution in [2.75, 3.05) is 5.32 Å². The van der Waals surface area contributed by atoms with E-state index in [2.05, 4.69) is 10.6 Å².